The Morgan fingerprint density at radius 1 is 1.00 bits per heavy atom. The first-order valence-electron chi connectivity index (χ1n) is 7.95. The number of likely N-dealkylation sites (tertiary alicyclic amines) is 2. The van der Waals surface area contributed by atoms with Crippen LogP contribution in [0.3, 0.4) is 0 Å². The number of carbonyl (C=O) groups excluding carboxylic acids is 2. The maximum Gasteiger partial charge on any atom is 0.229 e. The van der Waals surface area contributed by atoms with Gasteiger partial charge in [-0.25, -0.2) is 0 Å². The zero-order valence-corrected chi connectivity index (χ0v) is 14.2. The third-order valence-corrected chi connectivity index (χ3v) is 5.09. The van der Waals surface area contributed by atoms with Crippen molar-refractivity contribution in [2.75, 3.05) is 13.1 Å². The number of halogens is 1. The smallest absolute Gasteiger partial charge is 0.229 e. The van der Waals surface area contributed by atoms with Crippen molar-refractivity contribution in [3.8, 4) is 0 Å². The molecule has 1 aromatic carbocycles. The van der Waals surface area contributed by atoms with E-state index in [1.165, 1.54) is 5.56 Å². The number of hydrogen-bond donors (Lipinski definition) is 0. The first-order chi connectivity index (χ1) is 10.6. The summed E-state index contributed by atoms with van der Waals surface area (Å²) in [5, 5.41) is 0. The van der Waals surface area contributed by atoms with Gasteiger partial charge in [0.2, 0.25) is 11.8 Å². The van der Waals surface area contributed by atoms with Gasteiger partial charge in [-0.2, -0.15) is 0 Å². The van der Waals surface area contributed by atoms with E-state index in [4.69, 9.17) is 0 Å². The molecule has 1 aromatic rings. The molecule has 2 amide bonds. The lowest BCUT2D eigenvalue weighted by molar-refractivity contribution is -0.152. The highest BCUT2D eigenvalue weighted by atomic mass is 79.9. The van der Waals surface area contributed by atoms with Crippen molar-refractivity contribution in [1.29, 1.82) is 0 Å². The molecule has 5 heteroatoms. The maximum absolute atomic E-state index is 12.0. The minimum Gasteiger partial charge on any atom is -0.299 e. The molecular formula is C17H21BrN2O2. The normalized spacial score (nSPS) is 21.4. The average Bonchev–Trinajstić information content (AvgIpc) is 2.51. The number of carbonyl (C=O) groups is 2. The summed E-state index contributed by atoms with van der Waals surface area (Å²) in [7, 11) is 0. The SMILES string of the molecule is O=C1CCCC(=O)N1C1CCN(Cc2ccc(Br)cc2)CC1. The van der Waals surface area contributed by atoms with Gasteiger partial charge in [0, 0.05) is 43.0 Å². The van der Waals surface area contributed by atoms with Crippen molar-refractivity contribution >= 4 is 27.7 Å². The summed E-state index contributed by atoms with van der Waals surface area (Å²) in [5.41, 5.74) is 1.30. The molecule has 0 saturated carbocycles. The van der Waals surface area contributed by atoms with E-state index >= 15 is 0 Å². The molecule has 3 rings (SSSR count). The molecular weight excluding hydrogens is 344 g/mol. The zero-order chi connectivity index (χ0) is 15.5. The quantitative estimate of drug-likeness (QED) is 0.774. The van der Waals surface area contributed by atoms with Crippen LogP contribution in [0.5, 0.6) is 0 Å². The molecule has 0 aliphatic carbocycles. The Balaban J connectivity index is 1.54. The number of hydrogen-bond acceptors (Lipinski definition) is 3. The first kappa shape index (κ1) is 15.7. The van der Waals surface area contributed by atoms with E-state index in [-0.39, 0.29) is 17.9 Å². The summed E-state index contributed by atoms with van der Waals surface area (Å²) in [6.45, 7) is 2.82. The fraction of sp³-hybridized carbons (Fsp3) is 0.529. The van der Waals surface area contributed by atoms with Gasteiger partial charge in [0.05, 0.1) is 0 Å². The molecule has 0 atom stereocenters. The number of rotatable bonds is 3. The van der Waals surface area contributed by atoms with Crippen molar-refractivity contribution in [1.82, 2.24) is 9.80 Å². The minimum absolute atomic E-state index is 0.0302. The Morgan fingerprint density at radius 2 is 1.59 bits per heavy atom. The fourth-order valence-electron chi connectivity index (χ4n) is 3.36. The molecule has 2 fully saturated rings. The summed E-state index contributed by atoms with van der Waals surface area (Å²) >= 11 is 3.45. The molecule has 4 nitrogen and oxygen atoms in total. The topological polar surface area (TPSA) is 40.6 Å². The van der Waals surface area contributed by atoms with E-state index < -0.39 is 0 Å². The van der Waals surface area contributed by atoms with Gasteiger partial charge >= 0.3 is 0 Å². The second kappa shape index (κ2) is 6.92. The van der Waals surface area contributed by atoms with Gasteiger partial charge in [0.1, 0.15) is 0 Å². The highest BCUT2D eigenvalue weighted by molar-refractivity contribution is 9.10. The van der Waals surface area contributed by atoms with Crippen molar-refractivity contribution in [3.63, 3.8) is 0 Å². The van der Waals surface area contributed by atoms with Crippen LogP contribution in [0.2, 0.25) is 0 Å². The molecule has 2 heterocycles. The largest absolute Gasteiger partial charge is 0.299 e. The van der Waals surface area contributed by atoms with E-state index in [9.17, 15) is 9.59 Å². The van der Waals surface area contributed by atoms with E-state index in [1.807, 2.05) is 0 Å². The average molecular weight is 365 g/mol. The van der Waals surface area contributed by atoms with E-state index in [2.05, 4.69) is 45.1 Å². The molecule has 2 saturated heterocycles. The number of nitrogens with zero attached hydrogens (tertiary/aromatic N) is 2. The molecule has 0 radical (unpaired) electrons. The van der Waals surface area contributed by atoms with Crippen molar-refractivity contribution in [2.45, 2.75) is 44.7 Å². The van der Waals surface area contributed by atoms with Crippen molar-refractivity contribution < 1.29 is 9.59 Å². The monoisotopic (exact) mass is 364 g/mol. The molecule has 118 valence electrons. The molecule has 0 spiro atoms. The number of imide groups is 1. The standard InChI is InChI=1S/C17H21BrN2O2/c18-14-6-4-13(5-7-14)12-19-10-8-15(9-11-19)20-16(21)2-1-3-17(20)22/h4-7,15H,1-3,8-12H2. The van der Waals surface area contributed by atoms with Crippen LogP contribution in [0.25, 0.3) is 0 Å². The van der Waals surface area contributed by atoms with E-state index in [0.717, 1.165) is 43.4 Å². The molecule has 0 unspecified atom stereocenters. The van der Waals surface area contributed by atoms with Gasteiger partial charge in [-0.05, 0) is 37.0 Å². The van der Waals surface area contributed by atoms with Crippen molar-refractivity contribution in [2.24, 2.45) is 0 Å². The Morgan fingerprint density at radius 3 is 2.18 bits per heavy atom. The van der Waals surface area contributed by atoms with Crippen LogP contribution < -0.4 is 0 Å². The summed E-state index contributed by atoms with van der Waals surface area (Å²) in [6.07, 6.45) is 3.58. The van der Waals surface area contributed by atoms with Crippen LogP contribution in [0.4, 0.5) is 0 Å². The lowest BCUT2D eigenvalue weighted by atomic mass is 9.98. The summed E-state index contributed by atoms with van der Waals surface area (Å²) in [5.74, 6) is 0.0604. The second-order valence-electron chi connectivity index (χ2n) is 6.14. The molecule has 2 aliphatic heterocycles. The zero-order valence-electron chi connectivity index (χ0n) is 12.6. The van der Waals surface area contributed by atoms with Gasteiger partial charge in [0.25, 0.3) is 0 Å². The fourth-order valence-corrected chi connectivity index (χ4v) is 3.63. The number of benzene rings is 1. The predicted octanol–water partition coefficient (Wildman–Crippen LogP) is 2.95. The van der Waals surface area contributed by atoms with Crippen molar-refractivity contribution in [3.05, 3.63) is 34.3 Å². The molecule has 2 aliphatic rings. The third kappa shape index (κ3) is 3.58. The molecule has 0 aromatic heterocycles. The van der Waals surface area contributed by atoms with Gasteiger partial charge in [0.15, 0.2) is 0 Å². The van der Waals surface area contributed by atoms with Crippen LogP contribution >= 0.6 is 15.9 Å². The summed E-state index contributed by atoms with van der Waals surface area (Å²) < 4.78 is 1.09. The Hall–Kier alpha value is -1.20. The van der Waals surface area contributed by atoms with E-state index in [0.29, 0.717) is 12.8 Å². The summed E-state index contributed by atoms with van der Waals surface area (Å²) in [4.78, 5) is 27.9. The van der Waals surface area contributed by atoms with Gasteiger partial charge in [-0.1, -0.05) is 28.1 Å². The maximum atomic E-state index is 12.0. The lowest BCUT2D eigenvalue weighted by Gasteiger charge is -2.39. The summed E-state index contributed by atoms with van der Waals surface area (Å²) in [6, 6.07) is 8.50. The molecule has 0 bridgehead atoms. The van der Waals surface area contributed by atoms with Crippen LogP contribution in [-0.4, -0.2) is 40.7 Å². The van der Waals surface area contributed by atoms with Crippen LogP contribution in [0.1, 0.15) is 37.7 Å². The number of piperidine rings is 2. The number of amides is 2. The highest BCUT2D eigenvalue weighted by Crippen LogP contribution is 2.23. The Bertz CT molecular complexity index is 534. The predicted molar refractivity (Wildman–Crippen MR) is 88.1 cm³/mol. The van der Waals surface area contributed by atoms with Gasteiger partial charge in [-0.3, -0.25) is 19.4 Å². The van der Waals surface area contributed by atoms with Crippen LogP contribution in [0.15, 0.2) is 28.7 Å². The Kier molecular flexibility index (Phi) is 4.93. The van der Waals surface area contributed by atoms with Crippen LogP contribution in [0, 0.1) is 0 Å². The Labute approximate surface area is 139 Å². The highest BCUT2D eigenvalue weighted by Gasteiger charge is 2.34. The second-order valence-corrected chi connectivity index (χ2v) is 7.06. The van der Waals surface area contributed by atoms with Gasteiger partial charge in [-0.15, -0.1) is 0 Å². The molecule has 0 N–H and O–H groups in total. The first-order valence-corrected chi connectivity index (χ1v) is 8.74. The van der Waals surface area contributed by atoms with Gasteiger partial charge < -0.3 is 0 Å². The van der Waals surface area contributed by atoms with Crippen LogP contribution in [-0.2, 0) is 16.1 Å². The third-order valence-electron chi connectivity index (χ3n) is 4.56. The van der Waals surface area contributed by atoms with E-state index in [1.54, 1.807) is 4.90 Å². The molecule has 22 heavy (non-hydrogen) atoms. The minimum atomic E-state index is 0.0302. The lowest BCUT2D eigenvalue weighted by Crippen LogP contribution is -2.51.